The molecule has 0 spiro atoms. The average Bonchev–Trinajstić information content (AvgIpc) is 2.73. The summed E-state index contributed by atoms with van der Waals surface area (Å²) in [7, 11) is 0. The molecule has 3 aromatic rings. The van der Waals surface area contributed by atoms with E-state index in [1.54, 1.807) is 36.4 Å². The van der Waals surface area contributed by atoms with Crippen LogP contribution >= 0.6 is 11.6 Å². The number of nitrogens with one attached hydrogen (secondary N) is 1. The van der Waals surface area contributed by atoms with Crippen LogP contribution in [0.1, 0.15) is 12.5 Å². The molecule has 1 N–H and O–H groups in total. The van der Waals surface area contributed by atoms with Gasteiger partial charge in [-0.1, -0.05) is 36.7 Å². The van der Waals surface area contributed by atoms with Crippen LogP contribution in [0.25, 0.3) is 0 Å². The topological polar surface area (TPSA) is 63.0 Å². The van der Waals surface area contributed by atoms with E-state index in [1.807, 2.05) is 43.3 Å². The molecule has 0 saturated heterocycles. The fraction of sp³-hybridized carbons (Fsp3) is 0.136. The summed E-state index contributed by atoms with van der Waals surface area (Å²) in [5.41, 5.74) is 3.13. The SMILES string of the molecule is CCc1cc(OCC(=O)Nc2ccc(N=Nc3ccccc3)cc2)ccc1Cl. The third-order valence-corrected chi connectivity index (χ3v) is 4.32. The summed E-state index contributed by atoms with van der Waals surface area (Å²) in [6.07, 6.45) is 0.802. The Balaban J connectivity index is 1.52. The normalized spacial score (nSPS) is 10.8. The van der Waals surface area contributed by atoms with Crippen LogP contribution in [0.3, 0.4) is 0 Å². The van der Waals surface area contributed by atoms with Gasteiger partial charge in [-0.2, -0.15) is 10.2 Å². The molecule has 6 heteroatoms. The van der Waals surface area contributed by atoms with Crippen molar-refractivity contribution in [3.8, 4) is 5.75 Å². The highest BCUT2D eigenvalue weighted by Crippen LogP contribution is 2.23. The summed E-state index contributed by atoms with van der Waals surface area (Å²) in [5, 5.41) is 11.8. The number of ether oxygens (including phenoxy) is 1. The van der Waals surface area contributed by atoms with Gasteiger partial charge in [-0.3, -0.25) is 4.79 Å². The number of carbonyl (C=O) groups excluding carboxylic acids is 1. The first-order valence-electron chi connectivity index (χ1n) is 8.92. The number of amides is 1. The van der Waals surface area contributed by atoms with Gasteiger partial charge < -0.3 is 10.1 Å². The van der Waals surface area contributed by atoms with Gasteiger partial charge in [0.1, 0.15) is 5.75 Å². The zero-order valence-corrected chi connectivity index (χ0v) is 16.2. The summed E-state index contributed by atoms with van der Waals surface area (Å²) >= 11 is 6.09. The molecule has 0 unspecified atom stereocenters. The molecule has 142 valence electrons. The highest BCUT2D eigenvalue weighted by molar-refractivity contribution is 6.31. The maximum absolute atomic E-state index is 12.1. The summed E-state index contributed by atoms with van der Waals surface area (Å²) < 4.78 is 5.54. The van der Waals surface area contributed by atoms with Gasteiger partial charge in [0.15, 0.2) is 6.61 Å². The summed E-state index contributed by atoms with van der Waals surface area (Å²) in [6, 6.07) is 22.0. The van der Waals surface area contributed by atoms with Crippen LogP contribution in [0, 0.1) is 0 Å². The molecule has 28 heavy (non-hydrogen) atoms. The molecular weight excluding hydrogens is 374 g/mol. The lowest BCUT2D eigenvalue weighted by atomic mass is 10.1. The number of nitrogens with zero attached hydrogens (tertiary/aromatic N) is 2. The van der Waals surface area contributed by atoms with Crippen LogP contribution in [0.4, 0.5) is 17.1 Å². The Morgan fingerprint density at radius 3 is 2.32 bits per heavy atom. The van der Waals surface area contributed by atoms with E-state index in [4.69, 9.17) is 16.3 Å². The quantitative estimate of drug-likeness (QED) is 0.476. The van der Waals surface area contributed by atoms with Crippen LogP contribution < -0.4 is 10.1 Å². The zero-order chi connectivity index (χ0) is 19.8. The number of halogens is 1. The Labute approximate surface area is 169 Å². The Bertz CT molecular complexity index is 957. The molecule has 0 saturated carbocycles. The van der Waals surface area contributed by atoms with Gasteiger partial charge in [0, 0.05) is 10.7 Å². The van der Waals surface area contributed by atoms with Gasteiger partial charge in [-0.15, -0.1) is 0 Å². The lowest BCUT2D eigenvalue weighted by Crippen LogP contribution is -2.20. The molecule has 0 fully saturated rings. The predicted molar refractivity (Wildman–Crippen MR) is 112 cm³/mol. The molecule has 0 aliphatic carbocycles. The number of hydrogen-bond donors (Lipinski definition) is 1. The fourth-order valence-corrected chi connectivity index (χ4v) is 2.73. The highest BCUT2D eigenvalue weighted by atomic mass is 35.5. The van der Waals surface area contributed by atoms with E-state index in [-0.39, 0.29) is 12.5 Å². The van der Waals surface area contributed by atoms with Crippen molar-refractivity contribution >= 4 is 34.6 Å². The van der Waals surface area contributed by atoms with Crippen molar-refractivity contribution in [2.75, 3.05) is 11.9 Å². The second-order valence-electron chi connectivity index (χ2n) is 6.03. The molecular formula is C22H20ClN3O2. The van der Waals surface area contributed by atoms with Crippen LogP contribution in [0.2, 0.25) is 5.02 Å². The average molecular weight is 394 g/mol. The smallest absolute Gasteiger partial charge is 0.262 e. The molecule has 0 aliphatic heterocycles. The van der Waals surface area contributed by atoms with Crippen molar-refractivity contribution in [2.45, 2.75) is 13.3 Å². The first-order valence-corrected chi connectivity index (χ1v) is 9.30. The Kier molecular flexibility index (Phi) is 6.76. The highest BCUT2D eigenvalue weighted by Gasteiger charge is 2.06. The molecule has 0 aromatic heterocycles. The van der Waals surface area contributed by atoms with Crippen LogP contribution in [0.5, 0.6) is 5.75 Å². The van der Waals surface area contributed by atoms with Crippen molar-refractivity contribution in [1.82, 2.24) is 0 Å². The molecule has 0 heterocycles. The second kappa shape index (κ2) is 9.67. The molecule has 0 bridgehead atoms. The first-order chi connectivity index (χ1) is 13.6. The number of hydrogen-bond acceptors (Lipinski definition) is 4. The van der Waals surface area contributed by atoms with Gasteiger partial charge in [0.25, 0.3) is 5.91 Å². The minimum Gasteiger partial charge on any atom is -0.484 e. The molecule has 3 aromatic carbocycles. The fourth-order valence-electron chi connectivity index (χ4n) is 2.48. The Morgan fingerprint density at radius 2 is 1.64 bits per heavy atom. The molecule has 5 nitrogen and oxygen atoms in total. The van der Waals surface area contributed by atoms with E-state index in [0.717, 1.165) is 17.7 Å². The van der Waals surface area contributed by atoms with Crippen LogP contribution in [-0.2, 0) is 11.2 Å². The van der Waals surface area contributed by atoms with Crippen molar-refractivity contribution in [3.05, 3.63) is 83.4 Å². The molecule has 3 rings (SSSR count). The Morgan fingerprint density at radius 1 is 0.964 bits per heavy atom. The summed E-state index contributed by atoms with van der Waals surface area (Å²) in [4.78, 5) is 12.1. The van der Waals surface area contributed by atoms with E-state index >= 15 is 0 Å². The first kappa shape index (κ1) is 19.6. The largest absolute Gasteiger partial charge is 0.484 e. The van der Waals surface area contributed by atoms with E-state index in [0.29, 0.717) is 22.1 Å². The minimum atomic E-state index is -0.244. The van der Waals surface area contributed by atoms with Crippen molar-refractivity contribution in [3.63, 3.8) is 0 Å². The van der Waals surface area contributed by atoms with Crippen LogP contribution in [0.15, 0.2) is 83.0 Å². The van der Waals surface area contributed by atoms with Gasteiger partial charge in [-0.05, 0) is 66.6 Å². The van der Waals surface area contributed by atoms with Crippen LogP contribution in [-0.4, -0.2) is 12.5 Å². The van der Waals surface area contributed by atoms with E-state index in [2.05, 4.69) is 15.5 Å². The molecule has 0 atom stereocenters. The standard InChI is InChI=1S/C22H20ClN3O2/c1-2-16-14-20(12-13-21(16)23)28-15-22(27)24-17-8-10-19(11-9-17)26-25-18-6-4-3-5-7-18/h3-14H,2,15H2,1H3,(H,24,27). The maximum Gasteiger partial charge on any atom is 0.262 e. The third-order valence-electron chi connectivity index (χ3n) is 3.96. The number of anilines is 1. The maximum atomic E-state index is 12.1. The number of rotatable bonds is 7. The number of benzene rings is 3. The van der Waals surface area contributed by atoms with E-state index < -0.39 is 0 Å². The predicted octanol–water partition coefficient (Wildman–Crippen LogP) is 6.34. The third kappa shape index (κ3) is 5.66. The molecule has 0 radical (unpaired) electrons. The molecule has 1 amide bonds. The van der Waals surface area contributed by atoms with Gasteiger partial charge in [0.05, 0.1) is 11.4 Å². The number of aryl methyl sites for hydroxylation is 1. The number of carbonyl (C=O) groups is 1. The van der Waals surface area contributed by atoms with E-state index in [9.17, 15) is 4.79 Å². The molecule has 0 aliphatic rings. The van der Waals surface area contributed by atoms with Crippen molar-refractivity contribution in [1.29, 1.82) is 0 Å². The van der Waals surface area contributed by atoms with Crippen molar-refractivity contribution < 1.29 is 9.53 Å². The van der Waals surface area contributed by atoms with Gasteiger partial charge in [0.2, 0.25) is 0 Å². The van der Waals surface area contributed by atoms with Crippen molar-refractivity contribution in [2.24, 2.45) is 10.2 Å². The Hall–Kier alpha value is -3.18. The van der Waals surface area contributed by atoms with Gasteiger partial charge in [-0.25, -0.2) is 0 Å². The number of azo groups is 1. The second-order valence-corrected chi connectivity index (χ2v) is 6.43. The van der Waals surface area contributed by atoms with E-state index in [1.165, 1.54) is 0 Å². The summed E-state index contributed by atoms with van der Waals surface area (Å²) in [5.74, 6) is 0.375. The lowest BCUT2D eigenvalue weighted by Gasteiger charge is -2.09. The lowest BCUT2D eigenvalue weighted by molar-refractivity contribution is -0.118. The minimum absolute atomic E-state index is 0.0831. The zero-order valence-electron chi connectivity index (χ0n) is 15.4. The summed E-state index contributed by atoms with van der Waals surface area (Å²) in [6.45, 7) is 1.93. The monoisotopic (exact) mass is 393 g/mol. The van der Waals surface area contributed by atoms with Gasteiger partial charge >= 0.3 is 0 Å².